The fraction of sp³-hybridized carbons (Fsp3) is 0.947. The summed E-state index contributed by atoms with van der Waals surface area (Å²) in [7, 11) is 1.45. The molecule has 0 aliphatic heterocycles. The van der Waals surface area contributed by atoms with E-state index in [1.807, 2.05) is 11.8 Å². The van der Waals surface area contributed by atoms with Gasteiger partial charge in [-0.2, -0.15) is 23.5 Å². The molecule has 0 aromatic carbocycles. The normalized spacial score (nSPS) is 23.5. The molecule has 0 aromatic heterocycles. The topological polar surface area (TPSA) is 46.5 Å². The largest absolute Gasteiger partial charge is 0.469 e. The first-order valence-electron chi connectivity index (χ1n) is 9.67. The molecule has 0 radical (unpaired) electrons. The second kappa shape index (κ2) is 14.3. The summed E-state index contributed by atoms with van der Waals surface area (Å²) in [5.74, 6) is 2.23. The average molecular weight is 377 g/mol. The van der Waals surface area contributed by atoms with Crippen LogP contribution in [-0.2, 0) is 9.53 Å². The molecular weight excluding hydrogens is 340 g/mol. The molecule has 0 amide bonds. The monoisotopic (exact) mass is 376 g/mol. The van der Waals surface area contributed by atoms with Crippen molar-refractivity contribution in [2.75, 3.05) is 18.6 Å². The summed E-state index contributed by atoms with van der Waals surface area (Å²) in [4.78, 5) is 11.1. The molecule has 142 valence electrons. The van der Waals surface area contributed by atoms with Gasteiger partial charge in [0.25, 0.3) is 0 Å². The van der Waals surface area contributed by atoms with Crippen molar-refractivity contribution in [1.82, 2.24) is 0 Å². The van der Waals surface area contributed by atoms with Crippen molar-refractivity contribution >= 4 is 29.5 Å². The van der Waals surface area contributed by atoms with Gasteiger partial charge in [0.2, 0.25) is 0 Å². The minimum atomic E-state index is -0.123. The summed E-state index contributed by atoms with van der Waals surface area (Å²) in [5, 5.41) is 11.3. The third-order valence-corrected chi connectivity index (χ3v) is 7.84. The highest BCUT2D eigenvalue weighted by Crippen LogP contribution is 2.38. The SMILES string of the molecule is CCCCCCCS[C@H]1CCC(O)[C@@H]1SCCCCCC(=O)OC. The van der Waals surface area contributed by atoms with Gasteiger partial charge >= 0.3 is 5.97 Å². The number of rotatable bonds is 14. The Balaban J connectivity index is 2.09. The summed E-state index contributed by atoms with van der Waals surface area (Å²) in [6.45, 7) is 2.26. The second-order valence-corrected chi connectivity index (χ2v) is 9.32. The maximum Gasteiger partial charge on any atom is 0.305 e. The zero-order valence-corrected chi connectivity index (χ0v) is 17.1. The molecule has 1 saturated carbocycles. The van der Waals surface area contributed by atoms with Crippen molar-refractivity contribution in [3.8, 4) is 0 Å². The molecule has 1 aliphatic rings. The lowest BCUT2D eigenvalue weighted by atomic mass is 10.2. The molecular formula is C19H36O3S2. The summed E-state index contributed by atoms with van der Waals surface area (Å²) in [6, 6.07) is 0. The highest BCUT2D eigenvalue weighted by molar-refractivity contribution is 8.03. The van der Waals surface area contributed by atoms with E-state index in [4.69, 9.17) is 0 Å². The molecule has 1 aliphatic carbocycles. The first kappa shape index (κ1) is 22.2. The third kappa shape index (κ3) is 9.57. The molecule has 24 heavy (non-hydrogen) atoms. The van der Waals surface area contributed by atoms with Crippen molar-refractivity contribution in [1.29, 1.82) is 0 Å². The number of thioether (sulfide) groups is 2. The van der Waals surface area contributed by atoms with Gasteiger partial charge in [0.1, 0.15) is 0 Å². The van der Waals surface area contributed by atoms with Crippen LogP contribution in [0.2, 0.25) is 0 Å². The first-order valence-corrected chi connectivity index (χ1v) is 11.8. The van der Waals surface area contributed by atoms with Crippen LogP contribution in [0.25, 0.3) is 0 Å². The quantitative estimate of drug-likeness (QED) is 0.339. The van der Waals surface area contributed by atoms with Gasteiger partial charge in [0.15, 0.2) is 0 Å². The van der Waals surface area contributed by atoms with Gasteiger partial charge in [-0.05, 0) is 43.6 Å². The van der Waals surface area contributed by atoms with Gasteiger partial charge in [-0.1, -0.05) is 39.0 Å². The number of methoxy groups -OCH3 is 1. The molecule has 0 spiro atoms. The number of carbonyl (C=O) groups is 1. The summed E-state index contributed by atoms with van der Waals surface area (Å²) >= 11 is 4.04. The van der Waals surface area contributed by atoms with E-state index in [0.29, 0.717) is 16.9 Å². The fourth-order valence-corrected chi connectivity index (χ4v) is 6.29. The Kier molecular flexibility index (Phi) is 13.2. The summed E-state index contributed by atoms with van der Waals surface area (Å²) < 4.78 is 4.65. The van der Waals surface area contributed by atoms with Crippen LogP contribution in [0.3, 0.4) is 0 Å². The van der Waals surface area contributed by atoms with Crippen molar-refractivity contribution < 1.29 is 14.6 Å². The molecule has 0 aromatic rings. The van der Waals surface area contributed by atoms with E-state index in [9.17, 15) is 9.90 Å². The molecule has 0 heterocycles. The zero-order chi connectivity index (χ0) is 17.6. The van der Waals surface area contributed by atoms with E-state index < -0.39 is 0 Å². The Bertz CT molecular complexity index is 326. The van der Waals surface area contributed by atoms with Gasteiger partial charge in [-0.3, -0.25) is 4.79 Å². The van der Waals surface area contributed by atoms with Gasteiger partial charge in [-0.15, -0.1) is 0 Å². The molecule has 3 nitrogen and oxygen atoms in total. The average Bonchev–Trinajstić information content (AvgIpc) is 2.94. The van der Waals surface area contributed by atoms with Gasteiger partial charge in [-0.25, -0.2) is 0 Å². The maximum atomic E-state index is 11.1. The lowest BCUT2D eigenvalue weighted by Crippen LogP contribution is -2.24. The van der Waals surface area contributed by atoms with Crippen molar-refractivity contribution in [2.24, 2.45) is 0 Å². The van der Waals surface area contributed by atoms with E-state index >= 15 is 0 Å². The Morgan fingerprint density at radius 2 is 1.67 bits per heavy atom. The standard InChI is InChI=1S/C19H36O3S2/c1-3-4-5-6-9-14-23-17-13-12-16(20)19(17)24-15-10-7-8-11-18(21)22-2/h16-17,19-20H,3-15H2,1-2H3/t16?,17-,19-/m0/s1. The number of aliphatic hydroxyl groups is 1. The second-order valence-electron chi connectivity index (χ2n) is 6.69. The first-order chi connectivity index (χ1) is 11.7. The van der Waals surface area contributed by atoms with E-state index in [0.717, 1.165) is 31.4 Å². The van der Waals surface area contributed by atoms with Gasteiger partial charge in [0, 0.05) is 16.9 Å². The zero-order valence-electron chi connectivity index (χ0n) is 15.5. The van der Waals surface area contributed by atoms with E-state index in [-0.39, 0.29) is 12.1 Å². The van der Waals surface area contributed by atoms with E-state index in [1.54, 1.807) is 0 Å². The number of carbonyl (C=O) groups excluding carboxylic acids is 1. The number of esters is 1. The predicted octanol–water partition coefficient (Wildman–Crippen LogP) is 5.05. The summed E-state index contributed by atoms with van der Waals surface area (Å²) in [5.41, 5.74) is 0. The van der Waals surface area contributed by atoms with Crippen LogP contribution in [0, 0.1) is 0 Å². The molecule has 0 bridgehead atoms. The van der Waals surface area contributed by atoms with E-state index in [2.05, 4.69) is 23.4 Å². The molecule has 1 unspecified atom stereocenters. The number of ether oxygens (including phenoxy) is 1. The highest BCUT2D eigenvalue weighted by Gasteiger charge is 2.35. The Hall–Kier alpha value is 0.130. The molecule has 1 rings (SSSR count). The number of hydrogen-bond acceptors (Lipinski definition) is 5. The van der Waals surface area contributed by atoms with Crippen molar-refractivity contribution in [3.63, 3.8) is 0 Å². The van der Waals surface area contributed by atoms with Crippen LogP contribution in [-0.4, -0.2) is 46.3 Å². The number of aliphatic hydroxyl groups excluding tert-OH is 1. The van der Waals surface area contributed by atoms with Crippen molar-refractivity contribution in [3.05, 3.63) is 0 Å². The van der Waals surface area contributed by atoms with Gasteiger partial charge in [0.05, 0.1) is 13.2 Å². The van der Waals surface area contributed by atoms with Crippen molar-refractivity contribution in [2.45, 2.75) is 94.2 Å². The molecule has 5 heteroatoms. The van der Waals surface area contributed by atoms with Crippen LogP contribution >= 0.6 is 23.5 Å². The highest BCUT2D eigenvalue weighted by atomic mass is 32.2. The molecule has 3 atom stereocenters. The molecule has 1 fully saturated rings. The number of hydrogen-bond donors (Lipinski definition) is 1. The third-order valence-electron chi connectivity index (χ3n) is 4.64. The van der Waals surface area contributed by atoms with Crippen LogP contribution in [0.1, 0.15) is 77.6 Å². The lowest BCUT2D eigenvalue weighted by molar-refractivity contribution is -0.140. The Morgan fingerprint density at radius 3 is 2.38 bits per heavy atom. The fourth-order valence-electron chi connectivity index (χ4n) is 3.12. The minimum absolute atomic E-state index is 0.107. The summed E-state index contributed by atoms with van der Waals surface area (Å²) in [6.07, 6.45) is 12.4. The van der Waals surface area contributed by atoms with Crippen LogP contribution in [0.5, 0.6) is 0 Å². The lowest BCUT2D eigenvalue weighted by Gasteiger charge is -2.21. The van der Waals surface area contributed by atoms with Crippen LogP contribution in [0.15, 0.2) is 0 Å². The van der Waals surface area contributed by atoms with Gasteiger partial charge < -0.3 is 9.84 Å². The molecule has 1 N–H and O–H groups in total. The maximum absolute atomic E-state index is 11.1. The van der Waals surface area contributed by atoms with Crippen LogP contribution < -0.4 is 0 Å². The molecule has 0 saturated heterocycles. The Morgan fingerprint density at radius 1 is 1.00 bits per heavy atom. The minimum Gasteiger partial charge on any atom is -0.469 e. The van der Waals surface area contributed by atoms with E-state index in [1.165, 1.54) is 51.4 Å². The number of unbranched alkanes of at least 4 members (excludes halogenated alkanes) is 6. The van der Waals surface area contributed by atoms with Crippen LogP contribution in [0.4, 0.5) is 0 Å². The predicted molar refractivity (Wildman–Crippen MR) is 107 cm³/mol. The smallest absolute Gasteiger partial charge is 0.305 e. The Labute approximate surface area is 157 Å².